The van der Waals surface area contributed by atoms with E-state index in [-0.39, 0.29) is 11.5 Å². The maximum atomic E-state index is 12.1. The molecule has 5 nitrogen and oxygen atoms in total. The van der Waals surface area contributed by atoms with Crippen molar-refractivity contribution in [3.63, 3.8) is 0 Å². The molecule has 2 aromatic rings. The highest BCUT2D eigenvalue weighted by atomic mass is 35.5. The van der Waals surface area contributed by atoms with E-state index >= 15 is 0 Å². The van der Waals surface area contributed by atoms with Crippen LogP contribution in [0, 0.1) is 0 Å². The number of hydrogen-bond acceptors (Lipinski definition) is 4. The number of benzene rings is 2. The molecule has 8 heteroatoms. The van der Waals surface area contributed by atoms with Gasteiger partial charge in [-0.3, -0.25) is 0 Å². The number of rotatable bonds is 6. The van der Waals surface area contributed by atoms with Gasteiger partial charge in [0.2, 0.25) is 10.0 Å². The third-order valence-corrected chi connectivity index (χ3v) is 6.08. The molecule has 0 atom stereocenters. The van der Waals surface area contributed by atoms with Crippen LogP contribution in [0.2, 0.25) is 10.0 Å². The normalized spacial score (nSPS) is 11.9. The fraction of sp³-hybridized carbons (Fsp3) is 0.167. The van der Waals surface area contributed by atoms with Gasteiger partial charge in [-0.25, -0.2) is 17.5 Å². The highest BCUT2D eigenvalue weighted by Crippen LogP contribution is 2.26. The molecular weight excluding hydrogens is 397 g/mol. The lowest BCUT2D eigenvalue weighted by molar-refractivity contribution is -0.138. The molecule has 2 aromatic carbocycles. The zero-order valence-electron chi connectivity index (χ0n) is 14.1. The number of carbonyl (C=O) groups is 1. The standard InChI is InChI=1S/C18H17Cl2NO4S/c1-21(2)26(23,24)15-7-3-5-13(11-15)12-25-17(22)10-9-14-6-4-8-16(19)18(14)20/h3-11H,12H2,1-2H3/b10-9+. The van der Waals surface area contributed by atoms with Gasteiger partial charge in [0, 0.05) is 20.2 Å². The Labute approximate surface area is 162 Å². The fourth-order valence-electron chi connectivity index (χ4n) is 2.02. The summed E-state index contributed by atoms with van der Waals surface area (Å²) >= 11 is 11.9. The van der Waals surface area contributed by atoms with Crippen molar-refractivity contribution in [3.8, 4) is 0 Å². The minimum atomic E-state index is -3.54. The van der Waals surface area contributed by atoms with Crippen molar-refractivity contribution >= 4 is 45.3 Å². The lowest BCUT2D eigenvalue weighted by atomic mass is 10.2. The summed E-state index contributed by atoms with van der Waals surface area (Å²) < 4.78 is 30.5. The second kappa shape index (κ2) is 8.68. The van der Waals surface area contributed by atoms with Gasteiger partial charge in [0.25, 0.3) is 0 Å². The first-order valence-corrected chi connectivity index (χ1v) is 9.71. The van der Waals surface area contributed by atoms with Crippen LogP contribution in [0.5, 0.6) is 0 Å². The summed E-state index contributed by atoms with van der Waals surface area (Å²) in [5, 5.41) is 0.737. The molecule has 138 valence electrons. The third kappa shape index (κ3) is 5.08. The summed E-state index contributed by atoms with van der Waals surface area (Å²) in [7, 11) is -0.637. The Morgan fingerprint density at radius 3 is 2.54 bits per heavy atom. The minimum absolute atomic E-state index is 0.0523. The molecule has 0 heterocycles. The Hall–Kier alpha value is -1.86. The molecule has 0 aliphatic carbocycles. The van der Waals surface area contributed by atoms with Crippen molar-refractivity contribution in [3.05, 3.63) is 69.7 Å². The molecule has 0 spiro atoms. The number of halogens is 2. The number of esters is 1. The molecule has 0 amide bonds. The Kier molecular flexibility index (Phi) is 6.83. The quantitative estimate of drug-likeness (QED) is 0.530. The second-order valence-corrected chi connectivity index (χ2v) is 8.46. The van der Waals surface area contributed by atoms with Crippen molar-refractivity contribution < 1.29 is 17.9 Å². The Balaban J connectivity index is 2.04. The van der Waals surface area contributed by atoms with Crippen LogP contribution in [0.1, 0.15) is 11.1 Å². The van der Waals surface area contributed by atoms with Gasteiger partial charge in [0.05, 0.1) is 14.9 Å². The molecule has 0 aromatic heterocycles. The molecule has 0 bridgehead atoms. The fourth-order valence-corrected chi connectivity index (χ4v) is 3.36. The second-order valence-electron chi connectivity index (χ2n) is 5.52. The molecule has 0 unspecified atom stereocenters. The molecular formula is C18H17Cl2NO4S. The van der Waals surface area contributed by atoms with Gasteiger partial charge in [0.1, 0.15) is 6.61 Å². The lowest BCUT2D eigenvalue weighted by Gasteiger charge is -2.12. The van der Waals surface area contributed by atoms with Gasteiger partial charge in [0.15, 0.2) is 0 Å². The number of sulfonamides is 1. The van der Waals surface area contributed by atoms with Crippen molar-refractivity contribution in [1.29, 1.82) is 0 Å². The van der Waals surface area contributed by atoms with E-state index < -0.39 is 16.0 Å². The van der Waals surface area contributed by atoms with E-state index in [9.17, 15) is 13.2 Å². The molecule has 0 aliphatic heterocycles. The van der Waals surface area contributed by atoms with Crippen LogP contribution in [0.15, 0.2) is 53.4 Å². The van der Waals surface area contributed by atoms with Crippen molar-refractivity contribution in [2.75, 3.05) is 14.1 Å². The number of nitrogens with zero attached hydrogens (tertiary/aromatic N) is 1. The van der Waals surface area contributed by atoms with Crippen molar-refractivity contribution in [1.82, 2.24) is 4.31 Å². The summed E-state index contributed by atoms with van der Waals surface area (Å²) in [6.07, 6.45) is 2.74. The summed E-state index contributed by atoms with van der Waals surface area (Å²) in [6.45, 7) is -0.0523. The van der Waals surface area contributed by atoms with Crippen molar-refractivity contribution in [2.45, 2.75) is 11.5 Å². The zero-order chi connectivity index (χ0) is 19.3. The minimum Gasteiger partial charge on any atom is -0.458 e. The molecule has 0 N–H and O–H groups in total. The van der Waals surface area contributed by atoms with E-state index in [0.29, 0.717) is 21.2 Å². The first kappa shape index (κ1) is 20.5. The smallest absolute Gasteiger partial charge is 0.331 e. The topological polar surface area (TPSA) is 63.7 Å². The molecule has 0 radical (unpaired) electrons. The molecule has 0 aliphatic rings. The van der Waals surface area contributed by atoms with E-state index in [2.05, 4.69) is 0 Å². The van der Waals surface area contributed by atoms with Crippen LogP contribution in [0.25, 0.3) is 6.08 Å². The Morgan fingerprint density at radius 1 is 1.15 bits per heavy atom. The molecule has 2 rings (SSSR count). The maximum absolute atomic E-state index is 12.1. The van der Waals surface area contributed by atoms with Gasteiger partial charge in [-0.2, -0.15) is 0 Å². The van der Waals surface area contributed by atoms with Gasteiger partial charge in [-0.15, -0.1) is 0 Å². The molecule has 0 saturated carbocycles. The molecule has 0 fully saturated rings. The van der Waals surface area contributed by atoms with Gasteiger partial charge < -0.3 is 4.74 Å². The van der Waals surface area contributed by atoms with E-state index in [1.165, 1.54) is 38.4 Å². The SMILES string of the molecule is CN(C)S(=O)(=O)c1cccc(COC(=O)/C=C/c2cccc(Cl)c2Cl)c1. The monoisotopic (exact) mass is 413 g/mol. The zero-order valence-corrected chi connectivity index (χ0v) is 16.5. The summed E-state index contributed by atoms with van der Waals surface area (Å²) in [6, 6.07) is 11.3. The van der Waals surface area contributed by atoms with Crippen LogP contribution in [-0.2, 0) is 26.2 Å². The van der Waals surface area contributed by atoms with E-state index in [4.69, 9.17) is 27.9 Å². The summed E-state index contributed by atoms with van der Waals surface area (Å²) in [5.41, 5.74) is 1.16. The van der Waals surface area contributed by atoms with Crippen LogP contribution >= 0.6 is 23.2 Å². The number of hydrogen-bond donors (Lipinski definition) is 0. The molecule has 0 saturated heterocycles. The Morgan fingerprint density at radius 2 is 1.85 bits per heavy atom. The highest BCUT2D eigenvalue weighted by Gasteiger charge is 2.17. The first-order chi connectivity index (χ1) is 12.2. The Bertz CT molecular complexity index is 940. The molecule has 26 heavy (non-hydrogen) atoms. The van der Waals surface area contributed by atoms with Crippen LogP contribution in [0.3, 0.4) is 0 Å². The van der Waals surface area contributed by atoms with Crippen molar-refractivity contribution in [2.24, 2.45) is 0 Å². The third-order valence-electron chi connectivity index (χ3n) is 3.44. The van der Waals surface area contributed by atoms with E-state index in [0.717, 1.165) is 4.31 Å². The number of ether oxygens (including phenoxy) is 1. The predicted octanol–water partition coefficient (Wildman–Crippen LogP) is 4.00. The average Bonchev–Trinajstić information content (AvgIpc) is 2.61. The summed E-state index contributed by atoms with van der Waals surface area (Å²) in [4.78, 5) is 12.0. The van der Waals surface area contributed by atoms with Crippen LogP contribution in [0.4, 0.5) is 0 Å². The van der Waals surface area contributed by atoms with E-state index in [1.54, 1.807) is 30.3 Å². The maximum Gasteiger partial charge on any atom is 0.331 e. The average molecular weight is 414 g/mol. The van der Waals surface area contributed by atoms with Crippen LogP contribution < -0.4 is 0 Å². The van der Waals surface area contributed by atoms with E-state index in [1.807, 2.05) is 0 Å². The highest BCUT2D eigenvalue weighted by molar-refractivity contribution is 7.89. The summed E-state index contributed by atoms with van der Waals surface area (Å²) in [5.74, 6) is -0.582. The van der Waals surface area contributed by atoms with Crippen LogP contribution in [-0.4, -0.2) is 32.8 Å². The lowest BCUT2D eigenvalue weighted by Crippen LogP contribution is -2.22. The first-order valence-electron chi connectivity index (χ1n) is 7.52. The van der Waals surface area contributed by atoms with Gasteiger partial charge >= 0.3 is 5.97 Å². The largest absolute Gasteiger partial charge is 0.458 e. The van der Waals surface area contributed by atoms with Gasteiger partial charge in [-0.1, -0.05) is 47.5 Å². The van der Waals surface area contributed by atoms with Gasteiger partial charge in [-0.05, 0) is 35.4 Å². The number of carbonyl (C=O) groups excluding carboxylic acids is 1. The predicted molar refractivity (Wildman–Crippen MR) is 103 cm³/mol.